The van der Waals surface area contributed by atoms with Crippen LogP contribution in [0.15, 0.2) is 35.6 Å². The summed E-state index contributed by atoms with van der Waals surface area (Å²) in [5, 5.41) is 14.0. The van der Waals surface area contributed by atoms with Crippen LogP contribution in [0, 0.1) is 15.9 Å². The Labute approximate surface area is 112 Å². The number of hydrogen-bond donors (Lipinski definition) is 1. The summed E-state index contributed by atoms with van der Waals surface area (Å²) in [7, 11) is 0. The molecule has 8 heteroatoms. The lowest BCUT2D eigenvalue weighted by molar-refractivity contribution is -0.384. The van der Waals surface area contributed by atoms with Crippen molar-refractivity contribution in [3.05, 3.63) is 46.4 Å². The zero-order valence-corrected chi connectivity index (χ0v) is 10.6. The van der Waals surface area contributed by atoms with E-state index >= 15 is 0 Å². The van der Waals surface area contributed by atoms with E-state index in [9.17, 15) is 14.5 Å². The molecule has 0 aliphatic carbocycles. The molecule has 1 heterocycles. The van der Waals surface area contributed by atoms with Gasteiger partial charge in [-0.1, -0.05) is 17.8 Å². The third-order valence-corrected chi connectivity index (χ3v) is 2.78. The molecule has 1 N–H and O–H groups in total. The predicted octanol–water partition coefficient (Wildman–Crippen LogP) is 2.99. The second-order valence-electron chi connectivity index (χ2n) is 3.48. The van der Waals surface area contributed by atoms with Crippen LogP contribution < -0.4 is 5.32 Å². The Morgan fingerprint density at radius 1 is 1.47 bits per heavy atom. The van der Waals surface area contributed by atoms with Crippen LogP contribution in [-0.2, 0) is 0 Å². The molecule has 0 spiro atoms. The molecule has 1 aromatic carbocycles. The summed E-state index contributed by atoms with van der Waals surface area (Å²) in [4.78, 5) is 18.1. The van der Waals surface area contributed by atoms with Crippen molar-refractivity contribution < 1.29 is 9.31 Å². The van der Waals surface area contributed by atoms with Gasteiger partial charge in [0.25, 0.3) is 0 Å². The number of thioether (sulfide) groups is 1. The van der Waals surface area contributed by atoms with Gasteiger partial charge in [-0.25, -0.2) is 9.37 Å². The maximum absolute atomic E-state index is 13.1. The van der Waals surface area contributed by atoms with Gasteiger partial charge in [0.15, 0.2) is 5.16 Å². The van der Waals surface area contributed by atoms with E-state index in [1.165, 1.54) is 30.0 Å². The number of nitrogens with zero attached hydrogens (tertiary/aromatic N) is 3. The van der Waals surface area contributed by atoms with E-state index in [-0.39, 0.29) is 11.5 Å². The molecule has 0 atom stereocenters. The van der Waals surface area contributed by atoms with Crippen molar-refractivity contribution in [3.8, 4) is 0 Å². The quantitative estimate of drug-likeness (QED) is 0.401. The highest BCUT2D eigenvalue weighted by Crippen LogP contribution is 2.26. The fraction of sp³-hybridized carbons (Fsp3) is 0.0909. The number of anilines is 2. The Morgan fingerprint density at radius 2 is 2.26 bits per heavy atom. The van der Waals surface area contributed by atoms with Crippen molar-refractivity contribution in [2.45, 2.75) is 5.16 Å². The molecule has 0 aliphatic rings. The molecule has 0 bridgehead atoms. The average Bonchev–Trinajstić information content (AvgIpc) is 2.38. The molecule has 0 amide bonds. The Balaban J connectivity index is 2.39. The predicted molar refractivity (Wildman–Crippen MR) is 70.2 cm³/mol. The van der Waals surface area contributed by atoms with Crippen molar-refractivity contribution in [3.63, 3.8) is 0 Å². The standard InChI is InChI=1S/C11H9FN4O2S/c1-19-11-13-6-9(16(17)18)10(15-11)14-8-4-2-3-7(12)5-8/h2-6H,1H3,(H,13,14,15). The van der Waals surface area contributed by atoms with Gasteiger partial charge >= 0.3 is 5.69 Å². The number of rotatable bonds is 4. The molecule has 98 valence electrons. The Kier molecular flexibility index (Phi) is 3.91. The number of benzene rings is 1. The monoisotopic (exact) mass is 280 g/mol. The Hall–Kier alpha value is -2.22. The van der Waals surface area contributed by atoms with E-state index in [1.54, 1.807) is 12.3 Å². The van der Waals surface area contributed by atoms with Gasteiger partial charge in [-0.2, -0.15) is 4.98 Å². The Bertz CT molecular complexity index is 623. The van der Waals surface area contributed by atoms with Crippen LogP contribution in [0.3, 0.4) is 0 Å². The summed E-state index contributed by atoms with van der Waals surface area (Å²) in [5.74, 6) is -0.401. The maximum Gasteiger partial charge on any atom is 0.329 e. The first-order chi connectivity index (χ1) is 9.10. The first-order valence-electron chi connectivity index (χ1n) is 5.18. The fourth-order valence-corrected chi connectivity index (χ4v) is 1.73. The van der Waals surface area contributed by atoms with Crippen molar-refractivity contribution in [1.29, 1.82) is 0 Å². The van der Waals surface area contributed by atoms with Crippen LogP contribution in [0.25, 0.3) is 0 Å². The van der Waals surface area contributed by atoms with Crippen LogP contribution in [0.5, 0.6) is 0 Å². The van der Waals surface area contributed by atoms with Gasteiger partial charge in [0, 0.05) is 5.69 Å². The molecule has 6 nitrogen and oxygen atoms in total. The summed E-state index contributed by atoms with van der Waals surface area (Å²) in [6, 6.07) is 5.60. The lowest BCUT2D eigenvalue weighted by atomic mass is 10.3. The normalized spacial score (nSPS) is 10.2. The molecular formula is C11H9FN4O2S. The largest absolute Gasteiger partial charge is 0.334 e. The number of aromatic nitrogens is 2. The van der Waals surface area contributed by atoms with Gasteiger partial charge in [0.1, 0.15) is 12.0 Å². The summed E-state index contributed by atoms with van der Waals surface area (Å²) < 4.78 is 13.1. The summed E-state index contributed by atoms with van der Waals surface area (Å²) in [6.07, 6.45) is 2.88. The third kappa shape index (κ3) is 3.16. The van der Waals surface area contributed by atoms with Crippen LogP contribution in [-0.4, -0.2) is 21.1 Å². The van der Waals surface area contributed by atoms with E-state index in [2.05, 4.69) is 15.3 Å². The van der Waals surface area contributed by atoms with Gasteiger partial charge in [0.2, 0.25) is 5.82 Å². The number of hydrogen-bond acceptors (Lipinski definition) is 6. The Morgan fingerprint density at radius 3 is 2.89 bits per heavy atom. The van der Waals surface area contributed by atoms with Gasteiger partial charge in [0.05, 0.1) is 4.92 Å². The van der Waals surface area contributed by atoms with Gasteiger partial charge < -0.3 is 5.32 Å². The lowest BCUT2D eigenvalue weighted by Crippen LogP contribution is -2.02. The third-order valence-electron chi connectivity index (χ3n) is 2.21. The molecule has 2 aromatic rings. The highest BCUT2D eigenvalue weighted by molar-refractivity contribution is 7.98. The van der Waals surface area contributed by atoms with Crippen LogP contribution in [0.2, 0.25) is 0 Å². The van der Waals surface area contributed by atoms with Crippen molar-refractivity contribution in [1.82, 2.24) is 9.97 Å². The van der Waals surface area contributed by atoms with Crippen molar-refractivity contribution in [2.75, 3.05) is 11.6 Å². The van der Waals surface area contributed by atoms with E-state index in [1.807, 2.05) is 0 Å². The first-order valence-corrected chi connectivity index (χ1v) is 6.40. The molecule has 0 aliphatic heterocycles. The second-order valence-corrected chi connectivity index (χ2v) is 4.26. The summed E-state index contributed by atoms with van der Waals surface area (Å²) >= 11 is 1.26. The van der Waals surface area contributed by atoms with Crippen LogP contribution in [0.1, 0.15) is 0 Å². The smallest absolute Gasteiger partial charge is 0.329 e. The van der Waals surface area contributed by atoms with Gasteiger partial charge in [-0.15, -0.1) is 0 Å². The van der Waals surface area contributed by atoms with Crippen LogP contribution >= 0.6 is 11.8 Å². The first kappa shape index (κ1) is 13.2. The highest BCUT2D eigenvalue weighted by atomic mass is 32.2. The molecule has 19 heavy (non-hydrogen) atoms. The van der Waals surface area contributed by atoms with E-state index in [4.69, 9.17) is 0 Å². The van der Waals surface area contributed by atoms with Crippen molar-refractivity contribution >= 4 is 29.0 Å². The number of nitrogens with one attached hydrogen (secondary N) is 1. The minimum absolute atomic E-state index is 0.0370. The molecule has 0 saturated heterocycles. The molecule has 0 radical (unpaired) electrons. The zero-order valence-electron chi connectivity index (χ0n) is 9.83. The molecular weight excluding hydrogens is 271 g/mol. The molecule has 0 fully saturated rings. The maximum atomic E-state index is 13.1. The van der Waals surface area contributed by atoms with Crippen molar-refractivity contribution in [2.24, 2.45) is 0 Å². The number of nitro groups is 1. The molecule has 0 saturated carbocycles. The summed E-state index contributed by atoms with van der Waals surface area (Å²) in [6.45, 7) is 0. The van der Waals surface area contributed by atoms with Gasteiger partial charge in [-0.05, 0) is 24.5 Å². The zero-order chi connectivity index (χ0) is 13.8. The summed E-state index contributed by atoms with van der Waals surface area (Å²) in [5.41, 5.74) is 0.121. The van der Waals surface area contributed by atoms with Gasteiger partial charge in [-0.3, -0.25) is 10.1 Å². The lowest BCUT2D eigenvalue weighted by Gasteiger charge is -2.06. The van der Waals surface area contributed by atoms with E-state index in [0.717, 1.165) is 6.20 Å². The van der Waals surface area contributed by atoms with E-state index < -0.39 is 10.7 Å². The minimum Gasteiger partial charge on any atom is -0.334 e. The fourth-order valence-electron chi connectivity index (χ4n) is 1.39. The SMILES string of the molecule is CSc1ncc([N+](=O)[O-])c(Nc2cccc(F)c2)n1. The van der Waals surface area contributed by atoms with E-state index in [0.29, 0.717) is 10.8 Å². The average molecular weight is 280 g/mol. The second kappa shape index (κ2) is 5.61. The molecule has 0 unspecified atom stereocenters. The topological polar surface area (TPSA) is 81.0 Å². The van der Waals surface area contributed by atoms with Crippen LogP contribution in [0.4, 0.5) is 21.6 Å². The minimum atomic E-state index is -0.592. The number of halogens is 1. The molecule has 2 rings (SSSR count). The molecule has 1 aromatic heterocycles. The highest BCUT2D eigenvalue weighted by Gasteiger charge is 2.17.